The van der Waals surface area contributed by atoms with E-state index in [-0.39, 0.29) is 0 Å². The highest BCUT2D eigenvalue weighted by Crippen LogP contribution is 2.56. The first-order chi connectivity index (χ1) is 17.5. The quantitative estimate of drug-likeness (QED) is 0.268. The Morgan fingerprint density at radius 2 is 0.676 bits per heavy atom. The van der Waals surface area contributed by atoms with Crippen molar-refractivity contribution in [3.63, 3.8) is 0 Å². The van der Waals surface area contributed by atoms with Crippen molar-refractivity contribution in [1.29, 1.82) is 0 Å². The van der Waals surface area contributed by atoms with E-state index in [0.717, 1.165) is 24.3 Å². The van der Waals surface area contributed by atoms with E-state index in [1.165, 1.54) is 24.3 Å². The highest BCUT2D eigenvalue weighted by atomic mass is 19.4. The average molecular weight is 515 g/mol. The van der Waals surface area contributed by atoms with Gasteiger partial charge in [-0.15, -0.1) is 0 Å². The molecular formula is C29H24F6N2. The van der Waals surface area contributed by atoms with E-state index in [4.69, 9.17) is 11.5 Å². The van der Waals surface area contributed by atoms with Crippen molar-refractivity contribution in [3.05, 3.63) is 143 Å². The van der Waals surface area contributed by atoms with Crippen LogP contribution in [0.25, 0.3) is 0 Å². The van der Waals surface area contributed by atoms with Crippen molar-refractivity contribution in [1.82, 2.24) is 0 Å². The summed E-state index contributed by atoms with van der Waals surface area (Å²) in [4.78, 5) is 0. The average Bonchev–Trinajstić information content (AvgIpc) is 2.88. The van der Waals surface area contributed by atoms with E-state index in [1.54, 1.807) is 60.7 Å². The van der Waals surface area contributed by atoms with Crippen LogP contribution in [-0.4, -0.2) is 12.4 Å². The summed E-state index contributed by atoms with van der Waals surface area (Å²) in [5.74, 6) is 0. The molecular weight excluding hydrogens is 490 g/mol. The number of rotatable bonds is 6. The molecule has 0 fully saturated rings. The molecule has 0 aliphatic carbocycles. The first-order valence-corrected chi connectivity index (χ1v) is 11.4. The molecule has 2 atom stereocenters. The van der Waals surface area contributed by atoms with Crippen molar-refractivity contribution in [2.75, 3.05) is 0 Å². The molecule has 192 valence electrons. The summed E-state index contributed by atoms with van der Waals surface area (Å²) < 4.78 is 87.1. The maximum Gasteiger partial charge on any atom is 0.411 e. The molecule has 4 aromatic carbocycles. The van der Waals surface area contributed by atoms with Gasteiger partial charge >= 0.3 is 12.4 Å². The zero-order chi connectivity index (χ0) is 26.8. The number of alkyl halides is 6. The van der Waals surface area contributed by atoms with E-state index in [1.807, 2.05) is 0 Å². The number of benzene rings is 4. The van der Waals surface area contributed by atoms with Gasteiger partial charge < -0.3 is 11.5 Å². The second-order valence-corrected chi connectivity index (χ2v) is 8.77. The lowest BCUT2D eigenvalue weighted by molar-refractivity contribution is -0.288. The minimum absolute atomic E-state index is 0.386. The van der Waals surface area contributed by atoms with Crippen LogP contribution in [0.2, 0.25) is 0 Å². The summed E-state index contributed by atoms with van der Waals surface area (Å²) in [6, 6.07) is 24.3. The summed E-state index contributed by atoms with van der Waals surface area (Å²) in [7, 11) is 0. The molecule has 37 heavy (non-hydrogen) atoms. The lowest BCUT2D eigenvalue weighted by Crippen LogP contribution is -2.54. The largest absolute Gasteiger partial charge is 0.411 e. The molecule has 2 unspecified atom stereocenters. The standard InChI is InChI=1S/C29H24F6N2/c30-28(31,32)27(29(33,34)35,23-15-11-21(12-16-23)25(36)19-7-3-1-4-8-19)24-17-13-22(14-18-24)26(37)20-9-5-2-6-10-20/h1-18,25-26H,36-37H2. The first-order valence-electron chi connectivity index (χ1n) is 11.4. The van der Waals surface area contributed by atoms with E-state index < -0.39 is 41.0 Å². The third-order valence-electron chi connectivity index (χ3n) is 6.57. The van der Waals surface area contributed by atoms with Crippen LogP contribution in [0, 0.1) is 0 Å². The summed E-state index contributed by atoms with van der Waals surface area (Å²) >= 11 is 0. The van der Waals surface area contributed by atoms with Gasteiger partial charge in [0.15, 0.2) is 0 Å². The highest BCUT2D eigenvalue weighted by molar-refractivity contribution is 5.47. The predicted octanol–water partition coefficient (Wildman–Crippen LogP) is 7.19. The molecule has 0 aliphatic heterocycles. The lowest BCUT2D eigenvalue weighted by atomic mass is 9.72. The Hall–Kier alpha value is -3.62. The van der Waals surface area contributed by atoms with Crippen LogP contribution < -0.4 is 11.5 Å². The van der Waals surface area contributed by atoms with Crippen LogP contribution in [0.4, 0.5) is 26.3 Å². The molecule has 4 N–H and O–H groups in total. The molecule has 0 saturated carbocycles. The Kier molecular flexibility index (Phi) is 7.17. The van der Waals surface area contributed by atoms with E-state index in [9.17, 15) is 26.3 Å². The van der Waals surface area contributed by atoms with Gasteiger partial charge in [-0.1, -0.05) is 109 Å². The number of halogens is 6. The Morgan fingerprint density at radius 1 is 0.405 bits per heavy atom. The zero-order valence-electron chi connectivity index (χ0n) is 19.5. The fraction of sp³-hybridized carbons (Fsp3) is 0.172. The molecule has 8 heteroatoms. The SMILES string of the molecule is NC(c1ccccc1)c1ccc(C(c2ccc(C(N)c3ccccc3)cc2)(C(F)(F)F)C(F)(F)F)cc1. The molecule has 0 bridgehead atoms. The maximum atomic E-state index is 14.5. The van der Waals surface area contributed by atoms with Gasteiger partial charge in [0.1, 0.15) is 0 Å². The van der Waals surface area contributed by atoms with Gasteiger partial charge in [-0.25, -0.2) is 0 Å². The Balaban J connectivity index is 1.79. The van der Waals surface area contributed by atoms with Crippen molar-refractivity contribution in [2.45, 2.75) is 29.9 Å². The van der Waals surface area contributed by atoms with Gasteiger partial charge in [0, 0.05) is 0 Å². The second-order valence-electron chi connectivity index (χ2n) is 8.77. The van der Waals surface area contributed by atoms with Crippen LogP contribution in [0.15, 0.2) is 109 Å². The van der Waals surface area contributed by atoms with Crippen LogP contribution in [0.3, 0.4) is 0 Å². The Morgan fingerprint density at radius 3 is 0.946 bits per heavy atom. The third-order valence-corrected chi connectivity index (χ3v) is 6.57. The molecule has 2 nitrogen and oxygen atoms in total. The molecule has 0 spiro atoms. The fourth-order valence-corrected chi connectivity index (χ4v) is 4.57. The second kappa shape index (κ2) is 10.0. The summed E-state index contributed by atoms with van der Waals surface area (Å²) in [6.45, 7) is 0. The van der Waals surface area contributed by atoms with Gasteiger partial charge in [0.25, 0.3) is 0 Å². The normalized spacial score (nSPS) is 14.3. The van der Waals surface area contributed by atoms with Crippen LogP contribution in [-0.2, 0) is 5.41 Å². The first kappa shape index (κ1) is 26.4. The molecule has 0 radical (unpaired) electrons. The van der Waals surface area contributed by atoms with Crippen molar-refractivity contribution in [2.24, 2.45) is 11.5 Å². The summed E-state index contributed by atoms with van der Waals surface area (Å²) in [5.41, 5.74) is 8.38. The summed E-state index contributed by atoms with van der Waals surface area (Å²) in [5, 5.41) is 0. The fourth-order valence-electron chi connectivity index (χ4n) is 4.57. The Bertz CT molecular complexity index is 1190. The van der Waals surface area contributed by atoms with Gasteiger partial charge in [-0.3, -0.25) is 0 Å². The van der Waals surface area contributed by atoms with E-state index in [2.05, 4.69) is 0 Å². The topological polar surface area (TPSA) is 52.0 Å². The molecule has 0 heterocycles. The molecule has 0 aromatic heterocycles. The number of hydrogen-bond donors (Lipinski definition) is 2. The molecule has 0 aliphatic rings. The van der Waals surface area contributed by atoms with Crippen LogP contribution in [0.5, 0.6) is 0 Å². The minimum Gasteiger partial charge on any atom is -0.320 e. The third kappa shape index (κ3) is 4.86. The van der Waals surface area contributed by atoms with Crippen LogP contribution in [0.1, 0.15) is 45.5 Å². The highest BCUT2D eigenvalue weighted by Gasteiger charge is 2.72. The van der Waals surface area contributed by atoms with Crippen molar-refractivity contribution < 1.29 is 26.3 Å². The predicted molar refractivity (Wildman–Crippen MR) is 131 cm³/mol. The van der Waals surface area contributed by atoms with E-state index >= 15 is 0 Å². The smallest absolute Gasteiger partial charge is 0.320 e. The zero-order valence-corrected chi connectivity index (χ0v) is 19.5. The molecule has 4 aromatic rings. The molecule has 4 rings (SSSR count). The van der Waals surface area contributed by atoms with E-state index in [0.29, 0.717) is 22.3 Å². The Labute approximate surface area is 210 Å². The number of hydrogen-bond acceptors (Lipinski definition) is 2. The van der Waals surface area contributed by atoms with Crippen molar-refractivity contribution in [3.8, 4) is 0 Å². The number of nitrogens with two attached hydrogens (primary N) is 2. The van der Waals surface area contributed by atoms with Gasteiger partial charge in [-0.05, 0) is 33.4 Å². The van der Waals surface area contributed by atoms with Crippen molar-refractivity contribution >= 4 is 0 Å². The van der Waals surface area contributed by atoms with Gasteiger partial charge in [0.05, 0.1) is 12.1 Å². The monoisotopic (exact) mass is 514 g/mol. The molecule has 0 saturated heterocycles. The van der Waals surface area contributed by atoms with Gasteiger partial charge in [0.2, 0.25) is 5.41 Å². The minimum atomic E-state index is -5.68. The maximum absolute atomic E-state index is 14.5. The van der Waals surface area contributed by atoms with Crippen LogP contribution >= 0.6 is 0 Å². The summed E-state index contributed by atoms with van der Waals surface area (Å²) in [6.07, 6.45) is -11.4. The lowest BCUT2D eigenvalue weighted by Gasteiger charge is -2.38. The molecule has 0 amide bonds. The van der Waals surface area contributed by atoms with Gasteiger partial charge in [-0.2, -0.15) is 26.3 Å².